The minimum Gasteiger partial charge on any atom is -0.381 e. The number of nitrogens with zero attached hydrogens (tertiary/aromatic N) is 1. The highest BCUT2D eigenvalue weighted by molar-refractivity contribution is 8.14. The van der Waals surface area contributed by atoms with Crippen molar-refractivity contribution in [1.82, 2.24) is 0 Å². The van der Waals surface area contributed by atoms with E-state index in [1.165, 1.54) is 0 Å². The van der Waals surface area contributed by atoms with Gasteiger partial charge in [-0.1, -0.05) is 18.2 Å². The Bertz CT molecular complexity index is 594. The van der Waals surface area contributed by atoms with E-state index in [9.17, 15) is 8.42 Å². The zero-order valence-electron chi connectivity index (χ0n) is 10.3. The van der Waals surface area contributed by atoms with E-state index in [0.29, 0.717) is 31.6 Å². The summed E-state index contributed by atoms with van der Waals surface area (Å²) in [6.07, 6.45) is 0.894. The minimum absolute atomic E-state index is 0.203. The van der Waals surface area contributed by atoms with Crippen molar-refractivity contribution in [2.75, 3.05) is 13.2 Å². The van der Waals surface area contributed by atoms with E-state index < -0.39 is 14.3 Å². The third-order valence-electron chi connectivity index (χ3n) is 3.39. The van der Waals surface area contributed by atoms with Crippen LogP contribution in [0.3, 0.4) is 0 Å². The molecule has 1 saturated heterocycles. The van der Waals surface area contributed by atoms with Gasteiger partial charge in [-0.05, 0) is 24.5 Å². The second kappa shape index (κ2) is 5.91. The number of halogens is 1. The minimum atomic E-state index is -3.61. The van der Waals surface area contributed by atoms with Gasteiger partial charge >= 0.3 is 0 Å². The lowest BCUT2D eigenvalue weighted by molar-refractivity contribution is 0.0577. The highest BCUT2D eigenvalue weighted by Gasteiger charge is 2.35. The van der Waals surface area contributed by atoms with Gasteiger partial charge in [-0.3, -0.25) is 0 Å². The van der Waals surface area contributed by atoms with Crippen molar-refractivity contribution in [3.8, 4) is 6.07 Å². The summed E-state index contributed by atoms with van der Waals surface area (Å²) in [7, 11) is 1.89. The zero-order valence-corrected chi connectivity index (χ0v) is 11.8. The molecule has 0 saturated carbocycles. The smallest absolute Gasteiger partial charge is 0.235 e. The fraction of sp³-hybridized carbons (Fsp3) is 0.462. The Kier molecular flexibility index (Phi) is 4.46. The highest BCUT2D eigenvalue weighted by Crippen LogP contribution is 2.28. The molecule has 1 aromatic carbocycles. The first-order chi connectivity index (χ1) is 9.02. The number of benzene rings is 1. The van der Waals surface area contributed by atoms with E-state index in [4.69, 9.17) is 20.7 Å². The molecule has 1 fully saturated rings. The van der Waals surface area contributed by atoms with Crippen LogP contribution in [-0.4, -0.2) is 26.9 Å². The molecule has 4 nitrogen and oxygen atoms in total. The van der Waals surface area contributed by atoms with Gasteiger partial charge in [-0.2, -0.15) is 5.26 Å². The molecule has 1 heterocycles. The molecule has 1 aliphatic heterocycles. The average Bonchev–Trinajstić information content (AvgIpc) is 2.39. The van der Waals surface area contributed by atoms with Crippen molar-refractivity contribution in [1.29, 1.82) is 5.26 Å². The molecule has 0 amide bonds. The van der Waals surface area contributed by atoms with Gasteiger partial charge in [0.1, 0.15) is 0 Å². The monoisotopic (exact) mass is 299 g/mol. The van der Waals surface area contributed by atoms with Gasteiger partial charge in [0.05, 0.1) is 23.5 Å². The number of nitriles is 1. The SMILES string of the molecule is N#Cc1ccccc1C[C@@H]1COCC[C@@H]1S(=O)(=O)Cl. The van der Waals surface area contributed by atoms with Crippen LogP contribution in [0.2, 0.25) is 0 Å². The lowest BCUT2D eigenvalue weighted by Crippen LogP contribution is -2.37. The highest BCUT2D eigenvalue weighted by atomic mass is 35.7. The number of hydrogen-bond acceptors (Lipinski definition) is 4. The van der Waals surface area contributed by atoms with Gasteiger partial charge < -0.3 is 4.74 Å². The quantitative estimate of drug-likeness (QED) is 0.801. The number of hydrogen-bond donors (Lipinski definition) is 0. The molecule has 1 aliphatic rings. The first-order valence-corrected chi connectivity index (χ1v) is 8.39. The normalized spacial score (nSPS) is 23.8. The molecule has 0 aromatic heterocycles. The van der Waals surface area contributed by atoms with Crippen molar-refractivity contribution < 1.29 is 13.2 Å². The van der Waals surface area contributed by atoms with Gasteiger partial charge in [-0.25, -0.2) is 8.42 Å². The van der Waals surface area contributed by atoms with E-state index in [1.54, 1.807) is 12.1 Å². The van der Waals surface area contributed by atoms with Gasteiger partial charge in [0, 0.05) is 23.2 Å². The molecule has 0 unspecified atom stereocenters. The third kappa shape index (κ3) is 3.47. The van der Waals surface area contributed by atoms with Crippen LogP contribution in [0.15, 0.2) is 24.3 Å². The molecule has 0 N–H and O–H groups in total. The maximum absolute atomic E-state index is 11.6. The molecule has 6 heteroatoms. The van der Waals surface area contributed by atoms with E-state index in [1.807, 2.05) is 12.1 Å². The molecule has 0 aliphatic carbocycles. The fourth-order valence-electron chi connectivity index (χ4n) is 2.43. The van der Waals surface area contributed by atoms with E-state index in [0.717, 1.165) is 5.56 Å². The Morgan fingerprint density at radius 2 is 2.16 bits per heavy atom. The van der Waals surface area contributed by atoms with E-state index in [2.05, 4.69) is 6.07 Å². The van der Waals surface area contributed by atoms with Crippen LogP contribution in [0.4, 0.5) is 0 Å². The Morgan fingerprint density at radius 1 is 1.42 bits per heavy atom. The lowest BCUT2D eigenvalue weighted by atomic mass is 9.91. The summed E-state index contributed by atoms with van der Waals surface area (Å²) in [4.78, 5) is 0. The predicted octanol–water partition coefficient (Wildman–Crippen LogP) is 2.07. The third-order valence-corrected chi connectivity index (χ3v) is 5.42. The summed E-state index contributed by atoms with van der Waals surface area (Å²) in [5.41, 5.74) is 1.41. The van der Waals surface area contributed by atoms with Crippen LogP contribution in [0.5, 0.6) is 0 Å². The van der Waals surface area contributed by atoms with Crippen LogP contribution in [0, 0.1) is 17.2 Å². The summed E-state index contributed by atoms with van der Waals surface area (Å²) in [6, 6.07) is 9.30. The molecule has 2 atom stereocenters. The summed E-state index contributed by atoms with van der Waals surface area (Å²) in [6.45, 7) is 0.767. The summed E-state index contributed by atoms with van der Waals surface area (Å²) >= 11 is 0. The van der Waals surface area contributed by atoms with Crippen molar-refractivity contribution in [2.45, 2.75) is 18.1 Å². The second-order valence-corrected chi connectivity index (χ2v) is 7.46. The maximum Gasteiger partial charge on any atom is 0.235 e. The largest absolute Gasteiger partial charge is 0.381 e. The standard InChI is InChI=1S/C13H14ClNO3S/c14-19(16,17)13-5-6-18-9-12(13)7-10-3-1-2-4-11(10)8-15/h1-4,12-13H,5-7,9H2/t12-,13+/m1/s1. The molecular weight excluding hydrogens is 286 g/mol. The van der Waals surface area contributed by atoms with Gasteiger partial charge in [-0.15, -0.1) is 0 Å². The second-order valence-electron chi connectivity index (χ2n) is 4.61. The molecule has 2 rings (SSSR count). The fourth-order valence-corrected chi connectivity index (χ4v) is 4.14. The lowest BCUT2D eigenvalue weighted by Gasteiger charge is -2.29. The summed E-state index contributed by atoms with van der Waals surface area (Å²) in [5.74, 6) is -0.203. The molecule has 1 aromatic rings. The molecular formula is C13H14ClNO3S. The zero-order chi connectivity index (χ0) is 13.9. The van der Waals surface area contributed by atoms with E-state index in [-0.39, 0.29) is 5.92 Å². The first kappa shape index (κ1) is 14.3. The van der Waals surface area contributed by atoms with Gasteiger partial charge in [0.2, 0.25) is 9.05 Å². The summed E-state index contributed by atoms with van der Waals surface area (Å²) < 4.78 is 28.5. The molecule has 0 radical (unpaired) electrons. The van der Waals surface area contributed by atoms with Gasteiger partial charge in [0.15, 0.2) is 0 Å². The maximum atomic E-state index is 11.6. The van der Waals surface area contributed by atoms with Crippen LogP contribution >= 0.6 is 10.7 Å². The van der Waals surface area contributed by atoms with Crippen LogP contribution < -0.4 is 0 Å². The number of rotatable bonds is 3. The van der Waals surface area contributed by atoms with Crippen LogP contribution in [0.25, 0.3) is 0 Å². The van der Waals surface area contributed by atoms with Crippen LogP contribution in [0.1, 0.15) is 17.5 Å². The average molecular weight is 300 g/mol. The Morgan fingerprint density at radius 3 is 2.84 bits per heavy atom. The van der Waals surface area contributed by atoms with Crippen molar-refractivity contribution >= 4 is 19.7 Å². The Balaban J connectivity index is 2.23. The van der Waals surface area contributed by atoms with Gasteiger partial charge in [0.25, 0.3) is 0 Å². The van der Waals surface area contributed by atoms with Crippen molar-refractivity contribution in [3.05, 3.63) is 35.4 Å². The molecule has 19 heavy (non-hydrogen) atoms. The van der Waals surface area contributed by atoms with Crippen molar-refractivity contribution in [2.24, 2.45) is 5.92 Å². The summed E-state index contributed by atoms with van der Waals surface area (Å²) in [5, 5.41) is 8.45. The van der Waals surface area contributed by atoms with E-state index >= 15 is 0 Å². The van der Waals surface area contributed by atoms with Crippen LogP contribution in [-0.2, 0) is 20.2 Å². The molecule has 102 valence electrons. The first-order valence-electron chi connectivity index (χ1n) is 6.01. The predicted molar refractivity (Wildman–Crippen MR) is 72.3 cm³/mol. The van der Waals surface area contributed by atoms with Crippen molar-refractivity contribution in [3.63, 3.8) is 0 Å². The topological polar surface area (TPSA) is 67.2 Å². The Labute approximate surface area is 117 Å². The molecule has 0 spiro atoms. The Hall–Kier alpha value is -1.09. The molecule has 0 bridgehead atoms. The number of ether oxygens (including phenoxy) is 1.